The molecule has 118 heavy (non-hydrogen) atoms. The summed E-state index contributed by atoms with van der Waals surface area (Å²) in [6.45, 7) is 15.8. The number of imide groups is 2. The van der Waals surface area contributed by atoms with Crippen molar-refractivity contribution in [1.29, 1.82) is 0 Å². The first kappa shape index (κ1) is 88.3. The molecule has 4 amide bonds. The number of fused-ring (bicyclic) bond motifs is 2. The molecule has 0 spiro atoms. The van der Waals surface area contributed by atoms with Gasteiger partial charge in [-0.25, -0.2) is 4.79 Å². The van der Waals surface area contributed by atoms with Gasteiger partial charge in [0.15, 0.2) is 0 Å². The molecule has 29 nitrogen and oxygen atoms in total. The van der Waals surface area contributed by atoms with Crippen molar-refractivity contribution in [3.8, 4) is 69.0 Å². The topological polar surface area (TPSA) is 295 Å². The molecule has 632 valence electrons. The summed E-state index contributed by atoms with van der Waals surface area (Å²) in [7, 11) is 17.5. The number of amides is 4. The highest BCUT2D eigenvalue weighted by Gasteiger charge is 2.48. The van der Waals surface area contributed by atoms with Crippen molar-refractivity contribution in [2.75, 3.05) is 125 Å². The van der Waals surface area contributed by atoms with Gasteiger partial charge in [0.05, 0.1) is 93.6 Å². The molecule has 0 saturated carbocycles. The number of methoxy groups -OCH3 is 12. The van der Waals surface area contributed by atoms with Crippen molar-refractivity contribution in [2.45, 2.75) is 116 Å². The van der Waals surface area contributed by atoms with Gasteiger partial charge in [-0.2, -0.15) is 0 Å². The lowest BCUT2D eigenvalue weighted by Gasteiger charge is -2.38. The van der Waals surface area contributed by atoms with E-state index in [1.807, 2.05) is 27.7 Å². The Bertz CT molecular complexity index is 4400. The van der Waals surface area contributed by atoms with Gasteiger partial charge in [0.2, 0.25) is 0 Å². The SMILES string of the molecule is C=C(OCCC)C(C(C)C)N1C(=O)c2cc(Oc3ccc(OCCC(OC)(OC)OC)cc3)c3c4c(Oc5ccc(OCCC(OC)(OC)OC)cc5)cc5c6c(cc(Oc7ccc(OCCC(OC)(OC)OC)cc7)c(c7c(Oc8ccc(OCCC(OC)(OC)OC)cc8)cc(c2c37)C1=O)c64)C(=O)N(C(C(=O)OCCC)C(C)C)C5=O. The summed E-state index contributed by atoms with van der Waals surface area (Å²) >= 11 is 0. The number of rotatable bonds is 47. The van der Waals surface area contributed by atoms with Crippen molar-refractivity contribution in [3.63, 3.8) is 0 Å². The third-order valence-electron chi connectivity index (χ3n) is 20.9. The lowest BCUT2D eigenvalue weighted by atomic mass is 9.80. The number of esters is 1. The largest absolute Gasteiger partial charge is 0.496 e. The second-order valence-electron chi connectivity index (χ2n) is 28.4. The number of benzene rings is 9. The molecule has 11 rings (SSSR count). The van der Waals surface area contributed by atoms with Crippen LogP contribution in [0.2, 0.25) is 0 Å². The van der Waals surface area contributed by atoms with Crippen molar-refractivity contribution in [2.24, 2.45) is 11.8 Å². The van der Waals surface area contributed by atoms with E-state index in [1.54, 1.807) is 123 Å². The maximum atomic E-state index is 16.4. The molecule has 0 aromatic heterocycles. The lowest BCUT2D eigenvalue weighted by Crippen LogP contribution is -2.53. The standard InChI is InChI=1S/C89H104N2O27/c1-20-42-109-54(7)79(52(3)4)90-81(92)63-48-67(115-59-30-22-55(23-31-59)110-44-38-86(97-8,98-9)99-10)73-75-69(117-61-34-26-57(27-35-61)112-46-40-88(103-14,104-15)105-16)50-65-72-66(84(95)91(83(65)94)80(53(5)6)85(96)114-43-21-2)51-70(118-62-36-28-58(29-37-62)113-47-41-89(106-17,107-18)108-19)76(78(72)75)74-68(49-64(82(90)93)71(63)77(73)74)116-60-32-24-56(25-33-60)111-45-39-87(100-11,101-12)102-13/h22-37,48-53,79-80H,7,20-21,38-47H2,1-6,8-19H3. The summed E-state index contributed by atoms with van der Waals surface area (Å²) in [6.07, 6.45) is 1.71. The summed E-state index contributed by atoms with van der Waals surface area (Å²) in [5.41, 5.74) is -0.167. The van der Waals surface area contributed by atoms with Gasteiger partial charge < -0.3 is 104 Å². The quantitative estimate of drug-likeness (QED) is 0.00854. The predicted octanol–water partition coefficient (Wildman–Crippen LogP) is 16.5. The lowest BCUT2D eigenvalue weighted by molar-refractivity contribution is -0.356. The molecule has 2 aliphatic heterocycles. The minimum absolute atomic E-state index is 0.000890. The fourth-order valence-electron chi connectivity index (χ4n) is 14.8. The van der Waals surface area contributed by atoms with E-state index in [9.17, 15) is 4.79 Å². The normalized spacial score (nSPS) is 13.8. The Morgan fingerprint density at radius 3 is 0.754 bits per heavy atom. The van der Waals surface area contributed by atoms with Crippen molar-refractivity contribution < 1.29 is 128 Å². The van der Waals surface area contributed by atoms with Gasteiger partial charge in [0.25, 0.3) is 47.5 Å². The average Bonchev–Trinajstić information content (AvgIpc) is 0.669. The van der Waals surface area contributed by atoms with Gasteiger partial charge in [-0.1, -0.05) is 48.1 Å². The maximum absolute atomic E-state index is 16.4. The van der Waals surface area contributed by atoms with Crippen LogP contribution < -0.4 is 37.9 Å². The molecule has 0 radical (unpaired) electrons. The molecule has 0 aliphatic carbocycles. The zero-order chi connectivity index (χ0) is 85.0. The summed E-state index contributed by atoms with van der Waals surface area (Å²) in [6, 6.07) is 30.4. The molecular weight excluding hydrogens is 1530 g/mol. The fraction of sp³-hybridized carbons (Fsp3) is 0.427. The summed E-state index contributed by atoms with van der Waals surface area (Å²) < 4.78 is 133. The third-order valence-corrected chi connectivity index (χ3v) is 20.9. The molecule has 2 unspecified atom stereocenters. The second-order valence-corrected chi connectivity index (χ2v) is 28.4. The Morgan fingerprint density at radius 2 is 0.534 bits per heavy atom. The van der Waals surface area contributed by atoms with E-state index in [4.69, 9.17) is 104 Å². The molecule has 2 aliphatic rings. The molecule has 0 fully saturated rings. The van der Waals surface area contributed by atoms with Crippen LogP contribution in [0, 0.1) is 11.8 Å². The third kappa shape index (κ3) is 17.9. The van der Waals surface area contributed by atoms with E-state index < -0.39 is 77.4 Å². The van der Waals surface area contributed by atoms with Crippen LogP contribution >= 0.6 is 0 Å². The van der Waals surface area contributed by atoms with Crippen LogP contribution in [-0.2, 0) is 71.1 Å². The van der Waals surface area contributed by atoms with Gasteiger partial charge in [-0.3, -0.25) is 29.0 Å². The van der Waals surface area contributed by atoms with Crippen molar-refractivity contribution >= 4 is 72.7 Å². The molecule has 2 heterocycles. The van der Waals surface area contributed by atoms with Gasteiger partial charge in [0, 0.05) is 128 Å². The van der Waals surface area contributed by atoms with Crippen molar-refractivity contribution in [3.05, 3.63) is 156 Å². The number of hydrogen-bond acceptors (Lipinski definition) is 27. The van der Waals surface area contributed by atoms with Crippen LogP contribution in [0.3, 0.4) is 0 Å². The Labute approximate surface area is 685 Å². The first-order valence-corrected chi connectivity index (χ1v) is 38.7. The molecule has 0 bridgehead atoms. The molecule has 0 N–H and O–H groups in total. The summed E-state index contributed by atoms with van der Waals surface area (Å²) in [5.74, 6) is -8.15. The molecule has 9 aromatic rings. The van der Waals surface area contributed by atoms with Crippen LogP contribution in [0.1, 0.15) is 121 Å². The number of carbonyl (C=O) groups excluding carboxylic acids is 5. The Kier molecular flexibility index (Phi) is 28.8. The van der Waals surface area contributed by atoms with Gasteiger partial charge >= 0.3 is 5.97 Å². The van der Waals surface area contributed by atoms with E-state index in [2.05, 4.69) is 6.58 Å². The maximum Gasteiger partial charge on any atom is 0.329 e. The minimum atomic E-state index is -1.46. The number of ether oxygens (including phenoxy) is 22. The minimum Gasteiger partial charge on any atom is -0.496 e. The highest BCUT2D eigenvalue weighted by atomic mass is 16.9. The Balaban J connectivity index is 1.27. The molecule has 29 heteroatoms. The van der Waals surface area contributed by atoms with Gasteiger partial charge in [-0.15, -0.1) is 0 Å². The van der Waals surface area contributed by atoms with E-state index in [0.29, 0.717) is 35.8 Å². The van der Waals surface area contributed by atoms with E-state index in [1.165, 1.54) is 97.5 Å². The van der Waals surface area contributed by atoms with Crippen LogP contribution in [0.25, 0.3) is 43.1 Å². The zero-order valence-electron chi connectivity index (χ0n) is 70.0. The Hall–Kier alpha value is -10.5. The van der Waals surface area contributed by atoms with Gasteiger partial charge in [-0.05, 0) is 146 Å². The van der Waals surface area contributed by atoms with Crippen LogP contribution in [0.5, 0.6) is 69.0 Å². The number of hydrogen-bond donors (Lipinski definition) is 0. The van der Waals surface area contributed by atoms with E-state index in [-0.39, 0.29) is 182 Å². The van der Waals surface area contributed by atoms with Crippen LogP contribution in [-0.4, -0.2) is 200 Å². The second kappa shape index (κ2) is 38.5. The smallest absolute Gasteiger partial charge is 0.329 e. The highest BCUT2D eigenvalue weighted by Crippen LogP contribution is 2.59. The first-order valence-electron chi connectivity index (χ1n) is 38.7. The number of carbonyl (C=O) groups is 5. The molecular formula is C89H104N2O27. The van der Waals surface area contributed by atoms with Gasteiger partial charge in [0.1, 0.15) is 80.8 Å². The average molecular weight is 1630 g/mol. The monoisotopic (exact) mass is 1630 g/mol. The highest BCUT2D eigenvalue weighted by molar-refractivity contribution is 6.45. The molecule has 0 saturated heterocycles. The molecule has 9 aromatic carbocycles. The zero-order valence-corrected chi connectivity index (χ0v) is 70.0. The van der Waals surface area contributed by atoms with Crippen LogP contribution in [0.4, 0.5) is 0 Å². The fourth-order valence-corrected chi connectivity index (χ4v) is 14.8. The predicted molar refractivity (Wildman–Crippen MR) is 434 cm³/mol. The van der Waals surface area contributed by atoms with E-state index >= 15 is 19.2 Å². The summed E-state index contributed by atoms with van der Waals surface area (Å²) in [4.78, 5) is 82.3. The van der Waals surface area contributed by atoms with E-state index in [0.717, 1.165) is 9.80 Å². The first-order chi connectivity index (χ1) is 56.8. The number of nitrogens with zero attached hydrogens (tertiary/aromatic N) is 2. The Morgan fingerprint density at radius 1 is 0.314 bits per heavy atom. The van der Waals surface area contributed by atoms with Crippen molar-refractivity contribution in [1.82, 2.24) is 9.80 Å². The summed E-state index contributed by atoms with van der Waals surface area (Å²) in [5, 5.41) is 1.33. The van der Waals surface area contributed by atoms with Crippen LogP contribution in [0.15, 0.2) is 134 Å². The molecule has 2 atom stereocenters.